The number of likely N-dealkylation sites (tertiary alicyclic amines) is 1. The third-order valence-corrected chi connectivity index (χ3v) is 4.12. The molecule has 3 rings (SSSR count). The van der Waals surface area contributed by atoms with Crippen molar-refractivity contribution in [2.45, 2.75) is 25.3 Å². The molecule has 1 aliphatic heterocycles. The molecule has 1 fully saturated rings. The van der Waals surface area contributed by atoms with Gasteiger partial charge in [-0.25, -0.2) is 0 Å². The molecule has 3 heterocycles. The van der Waals surface area contributed by atoms with E-state index < -0.39 is 0 Å². The SMILES string of the molecule is Nc1n[nH]c(C(=O)N2CCCCC2c2ccccn2)c1Cl. The van der Waals surface area contributed by atoms with Crippen LogP contribution in [0.3, 0.4) is 0 Å². The Bertz CT molecular complexity index is 642. The number of anilines is 1. The molecule has 21 heavy (non-hydrogen) atoms. The predicted molar refractivity (Wildman–Crippen MR) is 79.9 cm³/mol. The lowest BCUT2D eigenvalue weighted by atomic mass is 9.98. The number of rotatable bonds is 2. The number of nitrogens with zero attached hydrogens (tertiary/aromatic N) is 3. The van der Waals surface area contributed by atoms with Gasteiger partial charge in [-0.1, -0.05) is 17.7 Å². The molecular formula is C14H16ClN5O. The number of aromatic amines is 1. The summed E-state index contributed by atoms with van der Waals surface area (Å²) >= 11 is 6.03. The lowest BCUT2D eigenvalue weighted by Crippen LogP contribution is -2.39. The molecule has 1 saturated heterocycles. The highest BCUT2D eigenvalue weighted by molar-refractivity contribution is 6.35. The summed E-state index contributed by atoms with van der Waals surface area (Å²) in [7, 11) is 0. The molecular weight excluding hydrogens is 290 g/mol. The Balaban J connectivity index is 1.91. The first-order valence-electron chi connectivity index (χ1n) is 6.89. The van der Waals surface area contributed by atoms with Gasteiger partial charge < -0.3 is 10.6 Å². The summed E-state index contributed by atoms with van der Waals surface area (Å²) in [6.07, 6.45) is 4.68. The zero-order valence-electron chi connectivity index (χ0n) is 11.4. The van der Waals surface area contributed by atoms with E-state index in [1.54, 1.807) is 11.1 Å². The molecule has 7 heteroatoms. The monoisotopic (exact) mass is 305 g/mol. The summed E-state index contributed by atoms with van der Waals surface area (Å²) in [6.45, 7) is 0.676. The molecule has 0 saturated carbocycles. The quantitative estimate of drug-likeness (QED) is 0.892. The highest BCUT2D eigenvalue weighted by Crippen LogP contribution is 2.32. The summed E-state index contributed by atoms with van der Waals surface area (Å²) < 4.78 is 0. The van der Waals surface area contributed by atoms with Gasteiger partial charge >= 0.3 is 0 Å². The maximum absolute atomic E-state index is 12.7. The number of nitrogen functional groups attached to an aromatic ring is 1. The van der Waals surface area contributed by atoms with Gasteiger partial charge in [0.05, 0.1) is 11.7 Å². The second-order valence-electron chi connectivity index (χ2n) is 5.06. The third-order valence-electron chi connectivity index (χ3n) is 3.74. The van der Waals surface area contributed by atoms with Crippen molar-refractivity contribution in [3.8, 4) is 0 Å². The third kappa shape index (κ3) is 2.58. The molecule has 3 N–H and O–H groups in total. The van der Waals surface area contributed by atoms with Gasteiger partial charge in [0.25, 0.3) is 5.91 Å². The zero-order valence-corrected chi connectivity index (χ0v) is 12.2. The average Bonchev–Trinajstić information content (AvgIpc) is 2.87. The number of carbonyl (C=O) groups excluding carboxylic acids is 1. The molecule has 1 aliphatic rings. The average molecular weight is 306 g/mol. The number of hydrogen-bond acceptors (Lipinski definition) is 4. The largest absolute Gasteiger partial charge is 0.381 e. The molecule has 0 aromatic carbocycles. The van der Waals surface area contributed by atoms with Crippen LogP contribution < -0.4 is 5.73 Å². The van der Waals surface area contributed by atoms with Crippen molar-refractivity contribution < 1.29 is 4.79 Å². The van der Waals surface area contributed by atoms with Crippen molar-refractivity contribution in [3.63, 3.8) is 0 Å². The van der Waals surface area contributed by atoms with Gasteiger partial charge in [0.15, 0.2) is 5.82 Å². The standard InChI is InChI=1S/C14H16ClN5O/c15-11-12(18-19-13(11)16)14(21)20-8-4-2-6-10(20)9-5-1-3-7-17-9/h1,3,5,7,10H,2,4,6,8H2,(H3,16,18,19). The first kappa shape index (κ1) is 13.9. The number of nitrogens with two attached hydrogens (primary N) is 1. The fourth-order valence-corrected chi connectivity index (χ4v) is 2.85. The van der Waals surface area contributed by atoms with E-state index in [4.69, 9.17) is 17.3 Å². The second-order valence-corrected chi connectivity index (χ2v) is 5.44. The predicted octanol–water partition coefficient (Wildman–Crippen LogP) is 2.41. The number of nitrogens with one attached hydrogen (secondary N) is 1. The van der Waals surface area contributed by atoms with Crippen LogP contribution in [0.4, 0.5) is 5.82 Å². The van der Waals surface area contributed by atoms with E-state index in [1.807, 2.05) is 18.2 Å². The van der Waals surface area contributed by atoms with Gasteiger partial charge in [-0.15, -0.1) is 0 Å². The lowest BCUT2D eigenvalue weighted by Gasteiger charge is -2.35. The first-order chi connectivity index (χ1) is 10.2. The zero-order chi connectivity index (χ0) is 14.8. The van der Waals surface area contributed by atoms with Gasteiger partial charge in [0, 0.05) is 12.7 Å². The number of carbonyl (C=O) groups is 1. The van der Waals surface area contributed by atoms with Crippen LogP contribution in [0.2, 0.25) is 5.02 Å². The fraction of sp³-hybridized carbons (Fsp3) is 0.357. The van der Waals surface area contributed by atoms with Gasteiger partial charge in [0.2, 0.25) is 0 Å². The molecule has 0 bridgehead atoms. The van der Waals surface area contributed by atoms with Crippen LogP contribution in [0.25, 0.3) is 0 Å². The summed E-state index contributed by atoms with van der Waals surface area (Å²) in [5.41, 5.74) is 6.74. The van der Waals surface area contributed by atoms with Gasteiger partial charge in [0.1, 0.15) is 10.7 Å². The first-order valence-corrected chi connectivity index (χ1v) is 7.27. The minimum absolute atomic E-state index is 0.0342. The van der Waals surface area contributed by atoms with Crippen molar-refractivity contribution in [2.75, 3.05) is 12.3 Å². The minimum atomic E-state index is -0.181. The van der Waals surface area contributed by atoms with E-state index in [1.165, 1.54) is 0 Å². The number of H-pyrrole nitrogens is 1. The van der Waals surface area contributed by atoms with Crippen LogP contribution in [0.15, 0.2) is 24.4 Å². The highest BCUT2D eigenvalue weighted by Gasteiger charge is 2.31. The Morgan fingerprint density at radius 2 is 2.29 bits per heavy atom. The molecule has 1 atom stereocenters. The Labute approximate surface area is 127 Å². The summed E-state index contributed by atoms with van der Waals surface area (Å²) in [4.78, 5) is 18.9. The van der Waals surface area contributed by atoms with E-state index >= 15 is 0 Å². The molecule has 0 radical (unpaired) electrons. The number of amides is 1. The van der Waals surface area contributed by atoms with Crippen LogP contribution in [-0.2, 0) is 0 Å². The molecule has 0 aliphatic carbocycles. The molecule has 1 unspecified atom stereocenters. The molecule has 6 nitrogen and oxygen atoms in total. The molecule has 2 aromatic heterocycles. The van der Waals surface area contributed by atoms with Crippen molar-refractivity contribution in [2.24, 2.45) is 0 Å². The van der Waals surface area contributed by atoms with Crippen molar-refractivity contribution in [3.05, 3.63) is 40.8 Å². The van der Waals surface area contributed by atoms with Gasteiger partial charge in [-0.05, 0) is 31.4 Å². The number of halogens is 1. The summed E-state index contributed by atoms with van der Waals surface area (Å²) in [5.74, 6) is -0.0361. The summed E-state index contributed by atoms with van der Waals surface area (Å²) in [5, 5.41) is 6.60. The van der Waals surface area contributed by atoms with Crippen LogP contribution >= 0.6 is 11.6 Å². The molecule has 110 valence electrons. The van der Waals surface area contributed by atoms with Crippen LogP contribution in [0.5, 0.6) is 0 Å². The van der Waals surface area contributed by atoms with E-state index in [0.717, 1.165) is 25.0 Å². The van der Waals surface area contributed by atoms with Crippen molar-refractivity contribution >= 4 is 23.3 Å². The second kappa shape index (κ2) is 5.73. The Morgan fingerprint density at radius 1 is 1.43 bits per heavy atom. The van der Waals surface area contributed by atoms with E-state index in [9.17, 15) is 4.79 Å². The minimum Gasteiger partial charge on any atom is -0.381 e. The Kier molecular flexibility index (Phi) is 3.79. The fourth-order valence-electron chi connectivity index (χ4n) is 2.68. The number of hydrogen-bond donors (Lipinski definition) is 2. The van der Waals surface area contributed by atoms with E-state index in [-0.39, 0.29) is 28.5 Å². The number of piperidine rings is 1. The Hall–Kier alpha value is -2.08. The Morgan fingerprint density at radius 3 is 2.95 bits per heavy atom. The smallest absolute Gasteiger partial charge is 0.274 e. The number of pyridine rings is 1. The topological polar surface area (TPSA) is 87.9 Å². The van der Waals surface area contributed by atoms with Gasteiger partial charge in [-0.2, -0.15) is 5.10 Å². The van der Waals surface area contributed by atoms with Crippen LogP contribution in [-0.4, -0.2) is 32.5 Å². The highest BCUT2D eigenvalue weighted by atomic mass is 35.5. The maximum Gasteiger partial charge on any atom is 0.274 e. The van der Waals surface area contributed by atoms with Crippen LogP contribution in [0, 0.1) is 0 Å². The van der Waals surface area contributed by atoms with E-state index in [2.05, 4.69) is 15.2 Å². The van der Waals surface area contributed by atoms with Crippen molar-refractivity contribution in [1.82, 2.24) is 20.1 Å². The number of aromatic nitrogens is 3. The maximum atomic E-state index is 12.7. The van der Waals surface area contributed by atoms with Gasteiger partial charge in [-0.3, -0.25) is 14.9 Å². The van der Waals surface area contributed by atoms with E-state index in [0.29, 0.717) is 6.54 Å². The normalized spacial score (nSPS) is 18.7. The molecule has 1 amide bonds. The van der Waals surface area contributed by atoms with Crippen LogP contribution in [0.1, 0.15) is 41.5 Å². The molecule has 0 spiro atoms. The van der Waals surface area contributed by atoms with Crippen molar-refractivity contribution in [1.29, 1.82) is 0 Å². The molecule has 2 aromatic rings. The lowest BCUT2D eigenvalue weighted by molar-refractivity contribution is 0.0600. The summed E-state index contributed by atoms with van der Waals surface area (Å²) in [6, 6.07) is 5.71.